The molecule has 0 unspecified atom stereocenters. The maximum atomic E-state index is 11.7. The van der Waals surface area contributed by atoms with Crippen molar-refractivity contribution in [1.29, 1.82) is 0 Å². The summed E-state index contributed by atoms with van der Waals surface area (Å²) in [5.74, 6) is -0.471. The lowest BCUT2D eigenvalue weighted by Crippen LogP contribution is -2.14. The van der Waals surface area contributed by atoms with E-state index in [1.807, 2.05) is 0 Å². The molecule has 1 aromatic heterocycles. The number of rotatable bonds is 5. The van der Waals surface area contributed by atoms with Crippen LogP contribution in [0.2, 0.25) is 0 Å². The van der Waals surface area contributed by atoms with Crippen LogP contribution in [0, 0.1) is 5.92 Å². The maximum Gasteiger partial charge on any atom is 0.355 e. The van der Waals surface area contributed by atoms with Crippen LogP contribution in [0.25, 0.3) is 0 Å². The van der Waals surface area contributed by atoms with E-state index < -0.39 is 5.97 Å². The Labute approximate surface area is 116 Å². The highest BCUT2D eigenvalue weighted by Gasteiger charge is 2.16. The van der Waals surface area contributed by atoms with Crippen LogP contribution < -0.4 is 5.32 Å². The van der Waals surface area contributed by atoms with Gasteiger partial charge in [0.2, 0.25) is 5.91 Å². The molecule has 1 aliphatic rings. The van der Waals surface area contributed by atoms with Crippen molar-refractivity contribution in [2.24, 2.45) is 5.92 Å². The van der Waals surface area contributed by atoms with Gasteiger partial charge < -0.3 is 10.4 Å². The fourth-order valence-electron chi connectivity index (χ4n) is 2.42. The molecule has 2 N–H and O–H groups in total. The monoisotopic (exact) mass is 282 g/mol. The number of carbonyl (C=O) groups excluding carboxylic acids is 1. The van der Waals surface area contributed by atoms with Crippen molar-refractivity contribution in [1.82, 2.24) is 4.98 Å². The third-order valence-electron chi connectivity index (χ3n) is 3.47. The predicted octanol–water partition coefficient (Wildman–Crippen LogP) is 3.14. The van der Waals surface area contributed by atoms with Crippen LogP contribution in [-0.4, -0.2) is 22.0 Å². The van der Waals surface area contributed by atoms with E-state index in [1.165, 1.54) is 37.5 Å². The molecule has 1 aromatic rings. The number of hydrogen-bond donors (Lipinski definition) is 2. The molecule has 5 nitrogen and oxygen atoms in total. The molecule has 0 radical (unpaired) electrons. The molecule has 0 aliphatic heterocycles. The van der Waals surface area contributed by atoms with Crippen molar-refractivity contribution in [2.45, 2.75) is 44.9 Å². The molecule has 0 atom stereocenters. The first-order chi connectivity index (χ1) is 9.15. The first-order valence-corrected chi connectivity index (χ1v) is 7.52. The molecule has 1 saturated carbocycles. The van der Waals surface area contributed by atoms with Crippen LogP contribution in [-0.2, 0) is 4.79 Å². The predicted molar refractivity (Wildman–Crippen MR) is 73.5 cm³/mol. The van der Waals surface area contributed by atoms with Crippen LogP contribution >= 0.6 is 11.3 Å². The maximum absolute atomic E-state index is 11.7. The Balaban J connectivity index is 1.75. The molecule has 1 heterocycles. The summed E-state index contributed by atoms with van der Waals surface area (Å²) in [5, 5.41) is 13.2. The van der Waals surface area contributed by atoms with Crippen LogP contribution in [0.4, 0.5) is 5.13 Å². The Hall–Kier alpha value is -1.43. The number of aromatic carboxylic acids is 1. The van der Waals surface area contributed by atoms with Gasteiger partial charge in [0.05, 0.1) is 0 Å². The number of nitrogens with one attached hydrogen (secondary N) is 1. The van der Waals surface area contributed by atoms with Gasteiger partial charge in [-0.25, -0.2) is 9.78 Å². The van der Waals surface area contributed by atoms with E-state index in [0.29, 0.717) is 17.5 Å². The van der Waals surface area contributed by atoms with Crippen molar-refractivity contribution in [3.8, 4) is 0 Å². The number of carbonyl (C=O) groups is 2. The van der Waals surface area contributed by atoms with Crippen molar-refractivity contribution < 1.29 is 14.7 Å². The Morgan fingerprint density at radius 1 is 1.37 bits per heavy atom. The molecular formula is C13H18N2O3S. The molecule has 6 heteroatoms. The Bertz CT molecular complexity index is 452. The summed E-state index contributed by atoms with van der Waals surface area (Å²) < 4.78 is 0. The van der Waals surface area contributed by atoms with Gasteiger partial charge in [0.15, 0.2) is 10.8 Å². The van der Waals surface area contributed by atoms with E-state index >= 15 is 0 Å². The van der Waals surface area contributed by atoms with Gasteiger partial charge in [0.1, 0.15) is 0 Å². The van der Waals surface area contributed by atoms with Crippen LogP contribution in [0.3, 0.4) is 0 Å². The van der Waals surface area contributed by atoms with Gasteiger partial charge in [0, 0.05) is 11.8 Å². The highest BCUT2D eigenvalue weighted by molar-refractivity contribution is 7.14. The second kappa shape index (κ2) is 6.65. The first kappa shape index (κ1) is 14.0. The fourth-order valence-corrected chi connectivity index (χ4v) is 3.12. The van der Waals surface area contributed by atoms with Gasteiger partial charge in [-0.3, -0.25) is 4.79 Å². The van der Waals surface area contributed by atoms with Gasteiger partial charge in [0.25, 0.3) is 0 Å². The summed E-state index contributed by atoms with van der Waals surface area (Å²) in [7, 11) is 0. The molecular weight excluding hydrogens is 264 g/mol. The molecule has 0 aromatic carbocycles. The molecule has 0 saturated heterocycles. The summed E-state index contributed by atoms with van der Waals surface area (Å²) in [6.45, 7) is 0. The Kier molecular flexibility index (Phi) is 4.90. The second-order valence-electron chi connectivity index (χ2n) is 4.93. The van der Waals surface area contributed by atoms with Crippen LogP contribution in [0.5, 0.6) is 0 Å². The normalized spacial score (nSPS) is 16.2. The number of thiazole rings is 1. The SMILES string of the molecule is O=C(CCC1CCCCC1)Nc1nc(C(=O)O)cs1. The van der Waals surface area contributed by atoms with E-state index in [-0.39, 0.29) is 11.6 Å². The minimum Gasteiger partial charge on any atom is -0.476 e. The topological polar surface area (TPSA) is 79.3 Å². The highest BCUT2D eigenvalue weighted by Crippen LogP contribution is 2.27. The summed E-state index contributed by atoms with van der Waals surface area (Å²) in [6.07, 6.45) is 7.75. The van der Waals surface area contributed by atoms with Gasteiger partial charge in [-0.2, -0.15) is 0 Å². The molecule has 0 bridgehead atoms. The third-order valence-corrected chi connectivity index (χ3v) is 4.23. The van der Waals surface area contributed by atoms with E-state index in [9.17, 15) is 9.59 Å². The van der Waals surface area contributed by atoms with Crippen molar-refractivity contribution in [2.75, 3.05) is 5.32 Å². The Morgan fingerprint density at radius 2 is 2.11 bits per heavy atom. The number of anilines is 1. The number of aromatic nitrogens is 1. The summed E-state index contributed by atoms with van der Waals surface area (Å²) >= 11 is 1.14. The van der Waals surface area contributed by atoms with Crippen molar-refractivity contribution >= 4 is 28.3 Å². The minimum absolute atomic E-state index is 0.0208. The average molecular weight is 282 g/mol. The van der Waals surface area contributed by atoms with Gasteiger partial charge >= 0.3 is 5.97 Å². The number of nitrogens with zero attached hydrogens (tertiary/aromatic N) is 1. The highest BCUT2D eigenvalue weighted by atomic mass is 32.1. The minimum atomic E-state index is -1.07. The fraction of sp³-hybridized carbons (Fsp3) is 0.615. The van der Waals surface area contributed by atoms with Gasteiger partial charge in [-0.1, -0.05) is 32.1 Å². The quantitative estimate of drug-likeness (QED) is 0.869. The number of carboxylic acids is 1. The molecule has 2 rings (SSSR count). The summed E-state index contributed by atoms with van der Waals surface area (Å²) in [6, 6.07) is 0. The van der Waals surface area contributed by atoms with E-state index in [1.54, 1.807) is 0 Å². The first-order valence-electron chi connectivity index (χ1n) is 6.64. The lowest BCUT2D eigenvalue weighted by atomic mass is 9.86. The molecule has 19 heavy (non-hydrogen) atoms. The molecule has 1 fully saturated rings. The largest absolute Gasteiger partial charge is 0.476 e. The standard InChI is InChI=1S/C13H18N2O3S/c16-11(7-6-9-4-2-1-3-5-9)15-13-14-10(8-19-13)12(17)18/h8-9H,1-7H2,(H,17,18)(H,14,15,16). The number of carboxylic acid groups (broad SMARTS) is 1. The van der Waals surface area contributed by atoms with Crippen molar-refractivity contribution in [3.63, 3.8) is 0 Å². The zero-order chi connectivity index (χ0) is 13.7. The van der Waals surface area contributed by atoms with E-state index in [4.69, 9.17) is 5.11 Å². The Morgan fingerprint density at radius 3 is 2.74 bits per heavy atom. The lowest BCUT2D eigenvalue weighted by Gasteiger charge is -2.20. The summed E-state index contributed by atoms with van der Waals surface area (Å²) in [4.78, 5) is 26.2. The lowest BCUT2D eigenvalue weighted by molar-refractivity contribution is -0.116. The smallest absolute Gasteiger partial charge is 0.355 e. The van der Waals surface area contributed by atoms with E-state index in [2.05, 4.69) is 10.3 Å². The van der Waals surface area contributed by atoms with Gasteiger partial charge in [-0.15, -0.1) is 11.3 Å². The van der Waals surface area contributed by atoms with E-state index in [0.717, 1.165) is 17.8 Å². The van der Waals surface area contributed by atoms with Crippen molar-refractivity contribution in [3.05, 3.63) is 11.1 Å². The average Bonchev–Trinajstić information content (AvgIpc) is 2.86. The molecule has 1 aliphatic carbocycles. The molecule has 104 valence electrons. The molecule has 1 amide bonds. The zero-order valence-electron chi connectivity index (χ0n) is 10.7. The third kappa shape index (κ3) is 4.31. The van der Waals surface area contributed by atoms with Crippen LogP contribution in [0.15, 0.2) is 5.38 Å². The number of amides is 1. The molecule has 0 spiro atoms. The number of hydrogen-bond acceptors (Lipinski definition) is 4. The van der Waals surface area contributed by atoms with Crippen LogP contribution in [0.1, 0.15) is 55.4 Å². The van der Waals surface area contributed by atoms with Gasteiger partial charge in [-0.05, 0) is 12.3 Å². The second-order valence-corrected chi connectivity index (χ2v) is 5.79. The zero-order valence-corrected chi connectivity index (χ0v) is 11.5. The summed E-state index contributed by atoms with van der Waals surface area (Å²) in [5.41, 5.74) is -0.0208.